The van der Waals surface area contributed by atoms with Gasteiger partial charge in [-0.2, -0.15) is 0 Å². The summed E-state index contributed by atoms with van der Waals surface area (Å²) in [7, 11) is 0. The number of aromatic nitrogens is 4. The van der Waals surface area contributed by atoms with Gasteiger partial charge in [0.15, 0.2) is 11.0 Å². The minimum Gasteiger partial charge on any atom is -0.360 e. The predicted molar refractivity (Wildman–Crippen MR) is 133 cm³/mol. The fourth-order valence-corrected chi connectivity index (χ4v) is 5.09. The van der Waals surface area contributed by atoms with Gasteiger partial charge in [0, 0.05) is 66.5 Å². The second-order valence-electron chi connectivity index (χ2n) is 8.04. The van der Waals surface area contributed by atoms with Crippen LogP contribution in [0.3, 0.4) is 0 Å². The molecule has 5 rings (SSSR count). The largest absolute Gasteiger partial charge is 0.360 e. The van der Waals surface area contributed by atoms with Crippen molar-refractivity contribution in [2.75, 3.05) is 31.9 Å². The van der Waals surface area contributed by atoms with E-state index in [1.54, 1.807) is 16.7 Å². The number of H-pyrrole nitrogens is 1. The zero-order chi connectivity index (χ0) is 23.7. The molecule has 1 fully saturated rings. The topological polar surface area (TPSA) is 87.1 Å². The van der Waals surface area contributed by atoms with Crippen molar-refractivity contribution in [3.8, 4) is 17.1 Å². The maximum absolute atomic E-state index is 12.9. The lowest BCUT2D eigenvalue weighted by molar-refractivity contribution is -0.136. The molecule has 1 N–H and O–H groups in total. The van der Waals surface area contributed by atoms with E-state index in [0.29, 0.717) is 42.2 Å². The number of amides is 2. The molecule has 0 unspecified atom stereocenters. The van der Waals surface area contributed by atoms with Gasteiger partial charge in [0.1, 0.15) is 0 Å². The van der Waals surface area contributed by atoms with Crippen molar-refractivity contribution in [2.24, 2.45) is 0 Å². The van der Waals surface area contributed by atoms with Crippen molar-refractivity contribution in [1.82, 2.24) is 29.5 Å². The molecule has 0 atom stereocenters. The van der Waals surface area contributed by atoms with Crippen LogP contribution in [0.2, 0.25) is 5.02 Å². The fraction of sp³-hybridized carbons (Fsp3) is 0.250. The van der Waals surface area contributed by atoms with Gasteiger partial charge in [-0.25, -0.2) is 0 Å². The Morgan fingerprint density at radius 1 is 1.00 bits per heavy atom. The molecule has 10 heteroatoms. The number of nitrogens with zero attached hydrogens (tertiary/aromatic N) is 5. The summed E-state index contributed by atoms with van der Waals surface area (Å²) in [6, 6.07) is 15.5. The molecule has 8 nitrogen and oxygen atoms in total. The van der Waals surface area contributed by atoms with Crippen LogP contribution in [0.25, 0.3) is 28.0 Å². The second-order valence-corrected chi connectivity index (χ2v) is 9.42. The molecular weight excluding hydrogens is 472 g/mol. The number of para-hydroxylation sites is 1. The Kier molecular flexibility index (Phi) is 6.30. The Labute approximate surface area is 205 Å². The summed E-state index contributed by atoms with van der Waals surface area (Å²) in [5.41, 5.74) is 2.80. The first-order valence-corrected chi connectivity index (χ1v) is 12.3. The third kappa shape index (κ3) is 4.41. The maximum Gasteiger partial charge on any atom is 0.233 e. The van der Waals surface area contributed by atoms with E-state index in [2.05, 4.69) is 15.2 Å². The molecule has 1 saturated heterocycles. The molecular formula is C24H23ClN6O2S. The van der Waals surface area contributed by atoms with E-state index < -0.39 is 0 Å². The van der Waals surface area contributed by atoms with Crippen molar-refractivity contribution in [3.05, 3.63) is 59.8 Å². The van der Waals surface area contributed by atoms with Gasteiger partial charge >= 0.3 is 0 Å². The van der Waals surface area contributed by atoms with E-state index in [9.17, 15) is 9.59 Å². The zero-order valence-electron chi connectivity index (χ0n) is 18.6. The molecule has 2 aromatic heterocycles. The van der Waals surface area contributed by atoms with Gasteiger partial charge in [-0.3, -0.25) is 14.2 Å². The number of aromatic amines is 1. The minimum absolute atomic E-state index is 0.0208. The Balaban J connectivity index is 1.42. The lowest BCUT2D eigenvalue weighted by Gasteiger charge is -2.34. The van der Waals surface area contributed by atoms with Crippen LogP contribution in [0.1, 0.15) is 6.92 Å². The molecule has 0 saturated carbocycles. The Bertz CT molecular complexity index is 1340. The molecule has 1 aliphatic rings. The molecule has 0 bridgehead atoms. The highest BCUT2D eigenvalue weighted by Crippen LogP contribution is 2.32. The maximum atomic E-state index is 12.9. The SMILES string of the molecule is CC(=O)N1CCN(C(=O)CSc2nnc(-c3c[nH]c4ccccc34)n2-c2ccc(Cl)cc2)CC1. The Morgan fingerprint density at radius 3 is 2.44 bits per heavy atom. The standard InChI is InChI=1S/C24H23ClN6O2S/c1-16(32)29-10-12-30(13-11-29)22(33)15-34-24-28-27-23(31(24)18-8-6-17(25)7-9-18)20-14-26-21-5-3-2-4-19(20)21/h2-9,14,26H,10-13,15H2,1H3. The summed E-state index contributed by atoms with van der Waals surface area (Å²) < 4.78 is 1.96. The Morgan fingerprint density at radius 2 is 1.71 bits per heavy atom. The van der Waals surface area contributed by atoms with E-state index in [4.69, 9.17) is 11.6 Å². The summed E-state index contributed by atoms with van der Waals surface area (Å²) in [6.45, 7) is 3.78. The van der Waals surface area contributed by atoms with Crippen molar-refractivity contribution in [1.29, 1.82) is 0 Å². The van der Waals surface area contributed by atoms with Gasteiger partial charge in [-0.15, -0.1) is 10.2 Å². The first-order chi connectivity index (χ1) is 16.5. The number of hydrogen-bond donors (Lipinski definition) is 1. The number of carbonyl (C=O) groups is 2. The van der Waals surface area contributed by atoms with Crippen LogP contribution < -0.4 is 0 Å². The predicted octanol–water partition coefficient (Wildman–Crippen LogP) is 3.85. The number of nitrogens with one attached hydrogen (secondary N) is 1. The average molecular weight is 495 g/mol. The fourth-order valence-electron chi connectivity index (χ4n) is 4.11. The number of carbonyl (C=O) groups excluding carboxylic acids is 2. The molecule has 3 heterocycles. The van der Waals surface area contributed by atoms with E-state index in [1.807, 2.05) is 59.3 Å². The third-order valence-corrected chi connectivity index (χ3v) is 7.12. The van der Waals surface area contributed by atoms with Crippen LogP contribution in [0.5, 0.6) is 0 Å². The van der Waals surface area contributed by atoms with E-state index >= 15 is 0 Å². The van der Waals surface area contributed by atoms with Crippen LogP contribution in [0.15, 0.2) is 59.9 Å². The van der Waals surface area contributed by atoms with Crippen LogP contribution in [-0.2, 0) is 9.59 Å². The van der Waals surface area contributed by atoms with Crippen LogP contribution in [0, 0.1) is 0 Å². The Hall–Kier alpha value is -3.30. The summed E-state index contributed by atoms with van der Waals surface area (Å²) in [5, 5.41) is 11.2. The number of hydrogen-bond acceptors (Lipinski definition) is 5. The molecule has 2 aromatic carbocycles. The first kappa shape index (κ1) is 22.5. The molecule has 174 valence electrons. The highest BCUT2D eigenvalue weighted by molar-refractivity contribution is 7.99. The number of fused-ring (bicyclic) bond motifs is 1. The first-order valence-electron chi connectivity index (χ1n) is 10.9. The lowest BCUT2D eigenvalue weighted by atomic mass is 10.1. The number of piperazine rings is 1. The number of rotatable bonds is 5. The van der Waals surface area contributed by atoms with Gasteiger partial charge < -0.3 is 14.8 Å². The molecule has 1 aliphatic heterocycles. The van der Waals surface area contributed by atoms with Crippen LogP contribution >= 0.6 is 23.4 Å². The van der Waals surface area contributed by atoms with Gasteiger partial charge in [0.25, 0.3) is 0 Å². The third-order valence-electron chi connectivity index (χ3n) is 5.95. The van der Waals surface area contributed by atoms with Crippen LogP contribution in [-0.4, -0.2) is 73.3 Å². The summed E-state index contributed by atoms with van der Waals surface area (Å²) in [4.78, 5) is 31.3. The molecule has 34 heavy (non-hydrogen) atoms. The normalized spacial score (nSPS) is 14.1. The van der Waals surface area contributed by atoms with E-state index in [0.717, 1.165) is 22.2 Å². The van der Waals surface area contributed by atoms with E-state index in [1.165, 1.54) is 11.8 Å². The van der Waals surface area contributed by atoms with Gasteiger partial charge in [0.05, 0.1) is 5.75 Å². The highest BCUT2D eigenvalue weighted by atomic mass is 35.5. The molecule has 0 aliphatic carbocycles. The number of benzene rings is 2. The molecule has 0 radical (unpaired) electrons. The van der Waals surface area contributed by atoms with Crippen molar-refractivity contribution in [3.63, 3.8) is 0 Å². The molecule has 2 amide bonds. The summed E-state index contributed by atoms with van der Waals surface area (Å²) in [5.74, 6) is 0.985. The smallest absolute Gasteiger partial charge is 0.233 e. The van der Waals surface area contributed by atoms with Gasteiger partial charge in [-0.1, -0.05) is 41.6 Å². The number of thioether (sulfide) groups is 1. The molecule has 0 spiro atoms. The zero-order valence-corrected chi connectivity index (χ0v) is 20.1. The summed E-state index contributed by atoms with van der Waals surface area (Å²) in [6.07, 6.45) is 1.93. The molecule has 4 aromatic rings. The monoisotopic (exact) mass is 494 g/mol. The highest BCUT2D eigenvalue weighted by Gasteiger charge is 2.24. The van der Waals surface area contributed by atoms with Gasteiger partial charge in [-0.05, 0) is 30.3 Å². The van der Waals surface area contributed by atoms with E-state index in [-0.39, 0.29) is 17.6 Å². The second kappa shape index (κ2) is 9.52. The van der Waals surface area contributed by atoms with Crippen molar-refractivity contribution < 1.29 is 9.59 Å². The average Bonchev–Trinajstić information content (AvgIpc) is 3.47. The van der Waals surface area contributed by atoms with Crippen LogP contribution in [0.4, 0.5) is 0 Å². The van der Waals surface area contributed by atoms with Crippen molar-refractivity contribution in [2.45, 2.75) is 12.1 Å². The summed E-state index contributed by atoms with van der Waals surface area (Å²) >= 11 is 7.48. The van der Waals surface area contributed by atoms with Gasteiger partial charge in [0.2, 0.25) is 11.8 Å². The lowest BCUT2D eigenvalue weighted by Crippen LogP contribution is -2.50. The quantitative estimate of drug-likeness (QED) is 0.426. The van der Waals surface area contributed by atoms with Crippen molar-refractivity contribution >= 4 is 46.1 Å². The number of halogens is 1. The minimum atomic E-state index is 0.0208.